The predicted octanol–water partition coefficient (Wildman–Crippen LogP) is 1.64. The highest BCUT2D eigenvalue weighted by Crippen LogP contribution is 2.25. The quantitative estimate of drug-likeness (QED) is 0.724. The monoisotopic (exact) mass is 385 g/mol. The van der Waals surface area contributed by atoms with E-state index in [2.05, 4.69) is 28.9 Å². The lowest BCUT2D eigenvalue weighted by Crippen LogP contribution is -2.37. The normalized spacial score (nSPS) is 14.4. The maximum Gasteiger partial charge on any atom is 0.255 e. The summed E-state index contributed by atoms with van der Waals surface area (Å²) in [5, 5.41) is 2.90. The van der Waals surface area contributed by atoms with E-state index in [9.17, 15) is 4.79 Å². The van der Waals surface area contributed by atoms with E-state index in [0.29, 0.717) is 41.7 Å². The largest absolute Gasteiger partial charge is 0.378 e. The Balaban J connectivity index is 1.59. The van der Waals surface area contributed by atoms with E-state index < -0.39 is 0 Å². The molecular weight excluding hydrogens is 366 g/mol. The fourth-order valence-electron chi connectivity index (χ4n) is 2.83. The Morgan fingerprint density at radius 1 is 1.22 bits per heavy atom. The first kappa shape index (κ1) is 17.6. The number of hydrogen-bond donors (Lipinski definition) is 1. The van der Waals surface area contributed by atoms with E-state index in [-0.39, 0.29) is 5.91 Å². The second-order valence-corrected chi connectivity index (χ2v) is 6.85. The van der Waals surface area contributed by atoms with Crippen molar-refractivity contribution >= 4 is 46.1 Å². The highest BCUT2D eigenvalue weighted by molar-refractivity contribution is 7.00. The first-order valence-electron chi connectivity index (χ1n) is 8.52. The molecule has 2 aromatic heterocycles. The highest BCUT2D eigenvalue weighted by atomic mass is 32.1. The molecule has 27 heavy (non-hydrogen) atoms. The van der Waals surface area contributed by atoms with E-state index in [1.54, 1.807) is 24.4 Å². The molecule has 1 aromatic carbocycles. The van der Waals surface area contributed by atoms with E-state index in [0.717, 1.165) is 30.3 Å². The second-order valence-electron chi connectivity index (χ2n) is 6.32. The predicted molar refractivity (Wildman–Crippen MR) is 105 cm³/mol. The zero-order chi connectivity index (χ0) is 18.8. The maximum absolute atomic E-state index is 12.7. The highest BCUT2D eigenvalue weighted by Gasteiger charge is 2.18. The summed E-state index contributed by atoms with van der Waals surface area (Å²) < 4.78 is 13.7. The van der Waals surface area contributed by atoms with Gasteiger partial charge in [-0.3, -0.25) is 4.79 Å². The molecule has 1 saturated heterocycles. The van der Waals surface area contributed by atoms with Crippen LogP contribution in [0.4, 0.5) is 17.5 Å². The van der Waals surface area contributed by atoms with Gasteiger partial charge in [-0.2, -0.15) is 13.7 Å². The lowest BCUT2D eigenvalue weighted by molar-refractivity contribution is 0.102. The number of morpholine rings is 1. The van der Waals surface area contributed by atoms with Crippen LogP contribution in [0.25, 0.3) is 11.0 Å². The Labute approximate surface area is 160 Å². The SMILES string of the molecule is CN(C)c1nc(N2CCOCC2)ncc1NC(=O)c1ccc2nsnc2c1. The molecule has 0 aliphatic carbocycles. The van der Waals surface area contributed by atoms with Crippen LogP contribution in [0.3, 0.4) is 0 Å². The molecule has 0 radical (unpaired) electrons. The van der Waals surface area contributed by atoms with Crippen molar-refractivity contribution in [1.82, 2.24) is 18.7 Å². The van der Waals surface area contributed by atoms with Gasteiger partial charge in [0, 0.05) is 32.7 Å². The molecular formula is C17H19N7O2S. The van der Waals surface area contributed by atoms with E-state index in [1.165, 1.54) is 0 Å². The number of ether oxygens (including phenoxy) is 1. The molecule has 1 aliphatic rings. The number of hydrogen-bond acceptors (Lipinski definition) is 9. The van der Waals surface area contributed by atoms with Crippen molar-refractivity contribution in [2.24, 2.45) is 0 Å². The van der Waals surface area contributed by atoms with Crippen molar-refractivity contribution in [3.63, 3.8) is 0 Å². The summed E-state index contributed by atoms with van der Waals surface area (Å²) in [4.78, 5) is 25.7. The minimum Gasteiger partial charge on any atom is -0.378 e. The van der Waals surface area contributed by atoms with Crippen LogP contribution in [0.5, 0.6) is 0 Å². The molecule has 0 spiro atoms. The molecule has 0 bridgehead atoms. The number of amides is 1. The zero-order valence-electron chi connectivity index (χ0n) is 15.0. The molecule has 1 amide bonds. The second kappa shape index (κ2) is 7.41. The number of rotatable bonds is 4. The van der Waals surface area contributed by atoms with Gasteiger partial charge in [0.05, 0.1) is 31.1 Å². The Kier molecular flexibility index (Phi) is 4.82. The van der Waals surface area contributed by atoms with Gasteiger partial charge in [0.25, 0.3) is 5.91 Å². The molecule has 3 aromatic rings. The molecule has 3 heterocycles. The zero-order valence-corrected chi connectivity index (χ0v) is 15.9. The fourth-order valence-corrected chi connectivity index (χ4v) is 3.34. The van der Waals surface area contributed by atoms with Crippen molar-refractivity contribution in [3.8, 4) is 0 Å². The molecule has 1 N–H and O–H groups in total. The lowest BCUT2D eigenvalue weighted by Gasteiger charge is -2.28. The number of fused-ring (bicyclic) bond motifs is 1. The van der Waals surface area contributed by atoms with Crippen LogP contribution in [0.1, 0.15) is 10.4 Å². The van der Waals surface area contributed by atoms with Crippen LogP contribution in [0, 0.1) is 0 Å². The number of aromatic nitrogens is 4. The molecule has 10 heteroatoms. The molecule has 9 nitrogen and oxygen atoms in total. The average molecular weight is 385 g/mol. The third-order valence-electron chi connectivity index (χ3n) is 4.24. The minimum atomic E-state index is -0.240. The van der Waals surface area contributed by atoms with Crippen molar-refractivity contribution in [2.45, 2.75) is 0 Å². The van der Waals surface area contributed by atoms with E-state index in [1.807, 2.05) is 19.0 Å². The molecule has 0 atom stereocenters. The van der Waals surface area contributed by atoms with Crippen molar-refractivity contribution in [2.75, 3.05) is 55.5 Å². The van der Waals surface area contributed by atoms with Gasteiger partial charge in [0.2, 0.25) is 5.95 Å². The van der Waals surface area contributed by atoms with E-state index in [4.69, 9.17) is 4.74 Å². The maximum atomic E-state index is 12.7. The Morgan fingerprint density at radius 2 is 2.00 bits per heavy atom. The van der Waals surface area contributed by atoms with Crippen molar-refractivity contribution < 1.29 is 9.53 Å². The third-order valence-corrected chi connectivity index (χ3v) is 4.79. The van der Waals surface area contributed by atoms with Crippen LogP contribution in [-0.4, -0.2) is 65.0 Å². The summed E-state index contributed by atoms with van der Waals surface area (Å²) in [6.45, 7) is 2.82. The summed E-state index contributed by atoms with van der Waals surface area (Å²) >= 11 is 1.13. The van der Waals surface area contributed by atoms with Gasteiger partial charge in [-0.05, 0) is 18.2 Å². The summed E-state index contributed by atoms with van der Waals surface area (Å²) in [5.74, 6) is 1.04. The van der Waals surface area contributed by atoms with Gasteiger partial charge >= 0.3 is 0 Å². The van der Waals surface area contributed by atoms with Crippen LogP contribution >= 0.6 is 11.7 Å². The Morgan fingerprint density at radius 3 is 2.78 bits per heavy atom. The van der Waals surface area contributed by atoms with Gasteiger partial charge < -0.3 is 19.9 Å². The van der Waals surface area contributed by atoms with Gasteiger partial charge in [-0.25, -0.2) is 4.98 Å². The Hall–Kier alpha value is -2.85. The van der Waals surface area contributed by atoms with Crippen LogP contribution in [0.15, 0.2) is 24.4 Å². The summed E-state index contributed by atoms with van der Waals surface area (Å²) in [6.07, 6.45) is 1.65. The van der Waals surface area contributed by atoms with E-state index >= 15 is 0 Å². The lowest BCUT2D eigenvalue weighted by atomic mass is 10.2. The standard InChI is InChI=1S/C17H19N7O2S/c1-23(2)15-14(10-18-17(20-15)24-5-7-26-8-6-24)19-16(25)11-3-4-12-13(9-11)22-27-21-12/h3-4,9-10H,5-8H2,1-2H3,(H,19,25). The van der Waals surface area contributed by atoms with Crippen molar-refractivity contribution in [3.05, 3.63) is 30.0 Å². The van der Waals surface area contributed by atoms with Crippen LogP contribution in [0.2, 0.25) is 0 Å². The molecule has 4 rings (SSSR count). The van der Waals surface area contributed by atoms with Crippen molar-refractivity contribution in [1.29, 1.82) is 0 Å². The summed E-state index contributed by atoms with van der Waals surface area (Å²) in [5.41, 5.74) is 2.55. The van der Waals surface area contributed by atoms with Crippen LogP contribution in [-0.2, 0) is 4.74 Å². The number of benzene rings is 1. The smallest absolute Gasteiger partial charge is 0.255 e. The molecule has 0 unspecified atom stereocenters. The van der Waals surface area contributed by atoms with Gasteiger partial charge in [-0.1, -0.05) is 0 Å². The minimum absolute atomic E-state index is 0.240. The third kappa shape index (κ3) is 3.67. The summed E-state index contributed by atoms with van der Waals surface area (Å²) in [6, 6.07) is 5.25. The number of anilines is 3. The summed E-state index contributed by atoms with van der Waals surface area (Å²) in [7, 11) is 3.77. The topological polar surface area (TPSA) is 96.4 Å². The average Bonchev–Trinajstić information content (AvgIpc) is 3.16. The number of nitrogens with zero attached hydrogens (tertiary/aromatic N) is 6. The van der Waals surface area contributed by atoms with Gasteiger partial charge in [0.15, 0.2) is 5.82 Å². The first-order valence-corrected chi connectivity index (χ1v) is 9.25. The van der Waals surface area contributed by atoms with Gasteiger partial charge in [-0.15, -0.1) is 0 Å². The first-order chi connectivity index (χ1) is 13.1. The molecule has 140 valence electrons. The number of carbonyl (C=O) groups excluding carboxylic acids is 1. The van der Waals surface area contributed by atoms with Gasteiger partial charge in [0.1, 0.15) is 16.7 Å². The molecule has 1 aliphatic heterocycles. The number of carbonyl (C=O) groups is 1. The van der Waals surface area contributed by atoms with Crippen LogP contribution < -0.4 is 15.1 Å². The molecule has 1 fully saturated rings. The molecule has 0 saturated carbocycles. The Bertz CT molecular complexity index is 969. The number of nitrogens with one attached hydrogen (secondary N) is 1. The fraction of sp³-hybridized carbons (Fsp3) is 0.353.